The van der Waals surface area contributed by atoms with Gasteiger partial charge in [-0.25, -0.2) is 5.43 Å². The molecule has 0 bridgehead atoms. The van der Waals surface area contributed by atoms with Crippen molar-refractivity contribution >= 4 is 17.5 Å². The molecular weight excluding hydrogens is 244 g/mol. The fourth-order valence-electron chi connectivity index (χ4n) is 3.03. The lowest BCUT2D eigenvalue weighted by Gasteiger charge is -2.32. The highest BCUT2D eigenvalue weighted by Crippen LogP contribution is 2.29. The van der Waals surface area contributed by atoms with Gasteiger partial charge in [-0.15, -0.1) is 0 Å². The van der Waals surface area contributed by atoms with Gasteiger partial charge >= 0.3 is 0 Å². The average Bonchev–Trinajstić information content (AvgIpc) is 2.88. The third-order valence-electron chi connectivity index (χ3n) is 4.07. The molecular formula is C13H22N4O2. The average molecular weight is 266 g/mol. The highest BCUT2D eigenvalue weighted by Gasteiger charge is 2.35. The minimum atomic E-state index is -0.125. The van der Waals surface area contributed by atoms with E-state index in [0.717, 1.165) is 19.3 Å². The van der Waals surface area contributed by atoms with Crippen LogP contribution in [0.15, 0.2) is 5.10 Å². The molecule has 2 unspecified atom stereocenters. The topological polar surface area (TPSA) is 87.8 Å². The molecule has 2 amide bonds. The zero-order valence-electron chi connectivity index (χ0n) is 11.4. The van der Waals surface area contributed by atoms with Crippen LogP contribution in [-0.4, -0.2) is 41.6 Å². The second-order valence-corrected chi connectivity index (χ2v) is 5.18. The Morgan fingerprint density at radius 2 is 2.26 bits per heavy atom. The molecule has 6 heteroatoms. The first-order valence-corrected chi connectivity index (χ1v) is 7.03. The van der Waals surface area contributed by atoms with Gasteiger partial charge in [0, 0.05) is 25.4 Å². The van der Waals surface area contributed by atoms with Crippen molar-refractivity contribution in [3.63, 3.8) is 0 Å². The van der Waals surface area contributed by atoms with Gasteiger partial charge in [-0.3, -0.25) is 9.59 Å². The van der Waals surface area contributed by atoms with Crippen molar-refractivity contribution in [1.82, 2.24) is 10.3 Å². The molecule has 0 aromatic heterocycles. The Morgan fingerprint density at radius 1 is 1.47 bits per heavy atom. The van der Waals surface area contributed by atoms with E-state index in [1.165, 1.54) is 0 Å². The quantitative estimate of drug-likeness (QED) is 0.763. The van der Waals surface area contributed by atoms with Crippen LogP contribution in [0.4, 0.5) is 0 Å². The van der Waals surface area contributed by atoms with Gasteiger partial charge in [-0.2, -0.15) is 5.10 Å². The maximum Gasteiger partial charge on any atom is 0.270 e. The summed E-state index contributed by atoms with van der Waals surface area (Å²) in [5.74, 6) is 0.218. The lowest BCUT2D eigenvalue weighted by molar-refractivity contribution is -0.127. The zero-order valence-corrected chi connectivity index (χ0v) is 11.4. The first-order valence-electron chi connectivity index (χ1n) is 7.03. The SMILES string of the molecule is CCN(C(=O)C1=NNC(=O)CC1)C1CCCC1CN. The maximum absolute atomic E-state index is 12.5. The van der Waals surface area contributed by atoms with Crippen molar-refractivity contribution in [2.45, 2.75) is 45.1 Å². The number of carbonyl (C=O) groups is 2. The van der Waals surface area contributed by atoms with Gasteiger partial charge in [0.05, 0.1) is 0 Å². The molecule has 19 heavy (non-hydrogen) atoms. The van der Waals surface area contributed by atoms with Crippen LogP contribution in [0, 0.1) is 5.92 Å². The number of carbonyl (C=O) groups excluding carboxylic acids is 2. The molecule has 1 aliphatic heterocycles. The first kappa shape index (κ1) is 14.0. The molecule has 3 N–H and O–H groups in total. The molecule has 1 heterocycles. The number of nitrogens with one attached hydrogen (secondary N) is 1. The van der Waals surface area contributed by atoms with Crippen LogP contribution in [0.5, 0.6) is 0 Å². The summed E-state index contributed by atoms with van der Waals surface area (Å²) in [7, 11) is 0. The van der Waals surface area contributed by atoms with Gasteiger partial charge in [0.15, 0.2) is 0 Å². The Hall–Kier alpha value is -1.43. The number of nitrogens with zero attached hydrogens (tertiary/aromatic N) is 2. The van der Waals surface area contributed by atoms with E-state index >= 15 is 0 Å². The van der Waals surface area contributed by atoms with E-state index in [1.807, 2.05) is 11.8 Å². The molecule has 6 nitrogen and oxygen atoms in total. The third kappa shape index (κ3) is 2.94. The fourth-order valence-corrected chi connectivity index (χ4v) is 3.03. The van der Waals surface area contributed by atoms with Gasteiger partial charge in [0.1, 0.15) is 5.71 Å². The van der Waals surface area contributed by atoms with Crippen molar-refractivity contribution in [3.05, 3.63) is 0 Å². The van der Waals surface area contributed by atoms with Crippen LogP contribution in [-0.2, 0) is 9.59 Å². The predicted octanol–water partition coefficient (Wildman–Crippen LogP) is 0.228. The van der Waals surface area contributed by atoms with Crippen molar-refractivity contribution in [2.24, 2.45) is 16.8 Å². The van der Waals surface area contributed by atoms with Crippen LogP contribution < -0.4 is 11.2 Å². The number of hydrogen-bond donors (Lipinski definition) is 2. The summed E-state index contributed by atoms with van der Waals surface area (Å²) in [4.78, 5) is 25.4. The molecule has 2 aliphatic rings. The van der Waals surface area contributed by atoms with Crippen molar-refractivity contribution in [3.8, 4) is 0 Å². The molecule has 0 radical (unpaired) electrons. The van der Waals surface area contributed by atoms with Crippen LogP contribution in [0.3, 0.4) is 0 Å². The predicted molar refractivity (Wildman–Crippen MR) is 72.4 cm³/mol. The van der Waals surface area contributed by atoms with E-state index in [0.29, 0.717) is 37.6 Å². The number of hydrazone groups is 1. The summed E-state index contributed by atoms with van der Waals surface area (Å²) in [5, 5.41) is 3.90. The Kier molecular flexibility index (Phi) is 4.52. The van der Waals surface area contributed by atoms with E-state index in [4.69, 9.17) is 5.73 Å². The van der Waals surface area contributed by atoms with E-state index in [-0.39, 0.29) is 17.9 Å². The standard InChI is InChI=1S/C13H22N4O2/c1-2-17(11-5-3-4-9(11)8-14)13(19)10-6-7-12(18)16-15-10/h9,11H,2-8,14H2,1H3,(H,16,18). The molecule has 0 spiro atoms. The molecule has 0 saturated heterocycles. The Balaban J connectivity index is 2.09. The van der Waals surface area contributed by atoms with Crippen molar-refractivity contribution in [1.29, 1.82) is 0 Å². The van der Waals surface area contributed by atoms with Crippen LogP contribution in [0.1, 0.15) is 39.0 Å². The third-order valence-corrected chi connectivity index (χ3v) is 4.07. The summed E-state index contributed by atoms with van der Waals surface area (Å²) < 4.78 is 0. The minimum absolute atomic E-state index is 0.0483. The molecule has 106 valence electrons. The smallest absolute Gasteiger partial charge is 0.270 e. The highest BCUT2D eigenvalue weighted by molar-refractivity contribution is 6.39. The fraction of sp³-hybridized carbons (Fsp3) is 0.769. The minimum Gasteiger partial charge on any atom is -0.335 e. The number of hydrogen-bond acceptors (Lipinski definition) is 4. The summed E-state index contributed by atoms with van der Waals surface area (Å²) in [6, 6.07) is 0.225. The Labute approximate surface area is 113 Å². The van der Waals surface area contributed by atoms with Gasteiger partial charge in [0.2, 0.25) is 5.91 Å². The Bertz CT molecular complexity index is 394. The molecule has 1 fully saturated rings. The van der Waals surface area contributed by atoms with Crippen LogP contribution >= 0.6 is 0 Å². The lowest BCUT2D eigenvalue weighted by Crippen LogP contribution is -2.48. The second kappa shape index (κ2) is 6.14. The summed E-state index contributed by atoms with van der Waals surface area (Å²) in [6.07, 6.45) is 4.00. The highest BCUT2D eigenvalue weighted by atomic mass is 16.2. The Morgan fingerprint density at radius 3 is 2.84 bits per heavy atom. The summed E-state index contributed by atoms with van der Waals surface area (Å²) in [6.45, 7) is 3.26. The van der Waals surface area contributed by atoms with E-state index in [2.05, 4.69) is 10.5 Å². The van der Waals surface area contributed by atoms with Crippen molar-refractivity contribution in [2.75, 3.05) is 13.1 Å². The van der Waals surface area contributed by atoms with Crippen molar-refractivity contribution < 1.29 is 9.59 Å². The van der Waals surface area contributed by atoms with Gasteiger partial charge < -0.3 is 10.6 Å². The molecule has 1 aliphatic carbocycles. The molecule has 2 rings (SSSR count). The van der Waals surface area contributed by atoms with Crippen LogP contribution in [0.25, 0.3) is 0 Å². The van der Waals surface area contributed by atoms with Gasteiger partial charge in [0.25, 0.3) is 5.91 Å². The molecule has 2 atom stereocenters. The summed E-state index contributed by atoms with van der Waals surface area (Å²) in [5.41, 5.74) is 8.64. The van der Waals surface area contributed by atoms with E-state index in [1.54, 1.807) is 0 Å². The number of nitrogens with two attached hydrogens (primary N) is 1. The van der Waals surface area contributed by atoms with E-state index < -0.39 is 0 Å². The van der Waals surface area contributed by atoms with Gasteiger partial charge in [-0.05, 0) is 32.2 Å². The molecule has 0 aromatic carbocycles. The van der Waals surface area contributed by atoms with Crippen LogP contribution in [0.2, 0.25) is 0 Å². The second-order valence-electron chi connectivity index (χ2n) is 5.18. The largest absolute Gasteiger partial charge is 0.335 e. The summed E-state index contributed by atoms with van der Waals surface area (Å²) >= 11 is 0. The number of amides is 2. The number of rotatable bonds is 4. The maximum atomic E-state index is 12.5. The molecule has 0 aromatic rings. The monoisotopic (exact) mass is 266 g/mol. The normalized spacial score (nSPS) is 26.8. The van der Waals surface area contributed by atoms with E-state index in [9.17, 15) is 9.59 Å². The van der Waals surface area contributed by atoms with Gasteiger partial charge in [-0.1, -0.05) is 6.42 Å². The molecule has 1 saturated carbocycles. The first-order chi connectivity index (χ1) is 9.17. The lowest BCUT2D eigenvalue weighted by atomic mass is 10.0. The zero-order chi connectivity index (χ0) is 13.8.